The van der Waals surface area contributed by atoms with Crippen LogP contribution in [-0.2, 0) is 7.05 Å². The number of aryl methyl sites for hydroxylation is 1. The van der Waals surface area contributed by atoms with Crippen LogP contribution in [0.3, 0.4) is 0 Å². The van der Waals surface area contributed by atoms with Crippen LogP contribution in [0.1, 0.15) is 42.7 Å². The zero-order chi connectivity index (χ0) is 13.3. The number of Topliss-reactive ketones (excluding diaryl/α,β-unsaturated/α-hetero) is 1. The molecular formula is C15H18N2O. The van der Waals surface area contributed by atoms with Gasteiger partial charge in [0.25, 0.3) is 0 Å². The van der Waals surface area contributed by atoms with Crippen LogP contribution in [0.2, 0.25) is 0 Å². The van der Waals surface area contributed by atoms with Gasteiger partial charge in [0.05, 0.1) is 5.69 Å². The first-order valence-electron chi connectivity index (χ1n) is 6.14. The van der Waals surface area contributed by atoms with E-state index in [1.807, 2.05) is 42.2 Å². The van der Waals surface area contributed by atoms with Crippen molar-refractivity contribution >= 4 is 5.78 Å². The fourth-order valence-corrected chi connectivity index (χ4v) is 2.06. The molecule has 0 amide bonds. The average Bonchev–Trinajstić information content (AvgIpc) is 2.72. The number of benzene rings is 1. The van der Waals surface area contributed by atoms with E-state index in [4.69, 9.17) is 0 Å². The summed E-state index contributed by atoms with van der Waals surface area (Å²) in [5.74, 6) is 0.453. The number of rotatable bonds is 3. The number of hydrogen-bond acceptors (Lipinski definition) is 2. The first kappa shape index (κ1) is 12.6. The molecule has 3 heteroatoms. The van der Waals surface area contributed by atoms with E-state index >= 15 is 0 Å². The summed E-state index contributed by atoms with van der Waals surface area (Å²) in [5.41, 5.74) is 3.97. The maximum atomic E-state index is 11.4. The molecule has 1 aromatic carbocycles. The zero-order valence-corrected chi connectivity index (χ0v) is 11.3. The summed E-state index contributed by atoms with van der Waals surface area (Å²) in [4.78, 5) is 11.4. The molecule has 0 radical (unpaired) electrons. The lowest BCUT2D eigenvalue weighted by Crippen LogP contribution is -1.95. The predicted molar refractivity (Wildman–Crippen MR) is 72.7 cm³/mol. The van der Waals surface area contributed by atoms with Crippen molar-refractivity contribution in [1.29, 1.82) is 0 Å². The SMILES string of the molecule is CC(=O)c1cccc(-c2cn(C)nc2C(C)C)c1. The Labute approximate surface area is 107 Å². The van der Waals surface area contributed by atoms with Gasteiger partial charge in [0.1, 0.15) is 0 Å². The molecule has 3 nitrogen and oxygen atoms in total. The molecule has 0 saturated carbocycles. The molecule has 2 rings (SSSR count). The Morgan fingerprint density at radius 3 is 2.67 bits per heavy atom. The highest BCUT2D eigenvalue weighted by molar-refractivity contribution is 5.95. The number of carbonyl (C=O) groups is 1. The number of aromatic nitrogens is 2. The van der Waals surface area contributed by atoms with Crippen LogP contribution in [0.5, 0.6) is 0 Å². The lowest BCUT2D eigenvalue weighted by atomic mass is 9.98. The van der Waals surface area contributed by atoms with Gasteiger partial charge in [-0.2, -0.15) is 5.10 Å². The van der Waals surface area contributed by atoms with Crippen molar-refractivity contribution in [2.45, 2.75) is 26.7 Å². The minimum Gasteiger partial charge on any atom is -0.295 e. The second-order valence-corrected chi connectivity index (χ2v) is 4.89. The fourth-order valence-electron chi connectivity index (χ4n) is 2.06. The summed E-state index contributed by atoms with van der Waals surface area (Å²) in [7, 11) is 1.92. The number of ketones is 1. The molecule has 18 heavy (non-hydrogen) atoms. The molecule has 0 unspecified atom stereocenters. The third-order valence-corrected chi connectivity index (χ3v) is 2.98. The molecule has 0 fully saturated rings. The Balaban J connectivity index is 2.54. The van der Waals surface area contributed by atoms with E-state index in [0.717, 1.165) is 22.4 Å². The van der Waals surface area contributed by atoms with Crippen LogP contribution >= 0.6 is 0 Å². The van der Waals surface area contributed by atoms with E-state index in [1.54, 1.807) is 6.92 Å². The van der Waals surface area contributed by atoms with E-state index in [2.05, 4.69) is 18.9 Å². The van der Waals surface area contributed by atoms with Crippen molar-refractivity contribution in [3.05, 3.63) is 41.7 Å². The van der Waals surface area contributed by atoms with Crippen molar-refractivity contribution in [3.8, 4) is 11.1 Å². The topological polar surface area (TPSA) is 34.9 Å². The Morgan fingerprint density at radius 2 is 2.06 bits per heavy atom. The van der Waals surface area contributed by atoms with Gasteiger partial charge in [0, 0.05) is 24.4 Å². The van der Waals surface area contributed by atoms with E-state index in [9.17, 15) is 4.79 Å². The molecule has 1 aromatic heterocycles. The molecule has 0 atom stereocenters. The average molecular weight is 242 g/mol. The summed E-state index contributed by atoms with van der Waals surface area (Å²) in [6.45, 7) is 5.84. The standard InChI is InChI=1S/C15H18N2O/c1-10(2)15-14(9-17(4)16-15)13-7-5-6-12(8-13)11(3)18/h5-10H,1-4H3. The number of hydrogen-bond donors (Lipinski definition) is 0. The van der Waals surface area contributed by atoms with Gasteiger partial charge in [-0.05, 0) is 24.5 Å². The molecule has 0 saturated heterocycles. The Bertz CT molecular complexity index is 582. The number of carbonyl (C=O) groups excluding carboxylic acids is 1. The van der Waals surface area contributed by atoms with Crippen LogP contribution in [-0.4, -0.2) is 15.6 Å². The van der Waals surface area contributed by atoms with Gasteiger partial charge < -0.3 is 0 Å². The minimum absolute atomic E-state index is 0.0897. The highest BCUT2D eigenvalue weighted by Gasteiger charge is 2.13. The molecule has 0 aliphatic carbocycles. The smallest absolute Gasteiger partial charge is 0.159 e. The van der Waals surface area contributed by atoms with E-state index < -0.39 is 0 Å². The van der Waals surface area contributed by atoms with Gasteiger partial charge in [-0.3, -0.25) is 9.48 Å². The first-order chi connectivity index (χ1) is 8.49. The molecule has 1 heterocycles. The van der Waals surface area contributed by atoms with Gasteiger partial charge >= 0.3 is 0 Å². The van der Waals surface area contributed by atoms with Crippen LogP contribution in [0.4, 0.5) is 0 Å². The molecule has 0 aliphatic rings. The van der Waals surface area contributed by atoms with Crippen LogP contribution in [0, 0.1) is 0 Å². The molecule has 0 spiro atoms. The summed E-state index contributed by atoms with van der Waals surface area (Å²) < 4.78 is 1.82. The molecule has 0 bridgehead atoms. The van der Waals surface area contributed by atoms with Crippen LogP contribution < -0.4 is 0 Å². The Morgan fingerprint density at radius 1 is 1.33 bits per heavy atom. The highest BCUT2D eigenvalue weighted by Crippen LogP contribution is 2.28. The molecular weight excluding hydrogens is 224 g/mol. The molecule has 0 N–H and O–H groups in total. The maximum absolute atomic E-state index is 11.4. The van der Waals surface area contributed by atoms with Crippen molar-refractivity contribution in [2.24, 2.45) is 7.05 Å². The van der Waals surface area contributed by atoms with Crippen molar-refractivity contribution in [3.63, 3.8) is 0 Å². The monoisotopic (exact) mass is 242 g/mol. The lowest BCUT2D eigenvalue weighted by Gasteiger charge is -2.06. The van der Waals surface area contributed by atoms with Gasteiger partial charge in [0.2, 0.25) is 0 Å². The third kappa shape index (κ3) is 2.35. The maximum Gasteiger partial charge on any atom is 0.159 e. The predicted octanol–water partition coefficient (Wildman–Crippen LogP) is 3.41. The summed E-state index contributed by atoms with van der Waals surface area (Å²) in [6.07, 6.45) is 2.01. The Hall–Kier alpha value is -1.90. The van der Waals surface area contributed by atoms with E-state index in [-0.39, 0.29) is 5.78 Å². The number of nitrogens with zero attached hydrogens (tertiary/aromatic N) is 2. The summed E-state index contributed by atoms with van der Waals surface area (Å²) >= 11 is 0. The summed E-state index contributed by atoms with van der Waals surface area (Å²) in [5, 5.41) is 4.49. The molecule has 2 aromatic rings. The molecule has 94 valence electrons. The van der Waals surface area contributed by atoms with Gasteiger partial charge in [-0.1, -0.05) is 32.0 Å². The van der Waals surface area contributed by atoms with Crippen molar-refractivity contribution < 1.29 is 4.79 Å². The lowest BCUT2D eigenvalue weighted by molar-refractivity contribution is 0.101. The van der Waals surface area contributed by atoms with Crippen molar-refractivity contribution in [1.82, 2.24) is 9.78 Å². The third-order valence-electron chi connectivity index (χ3n) is 2.98. The quantitative estimate of drug-likeness (QED) is 0.773. The molecule has 0 aliphatic heterocycles. The largest absolute Gasteiger partial charge is 0.295 e. The van der Waals surface area contributed by atoms with Gasteiger partial charge in [-0.25, -0.2) is 0 Å². The summed E-state index contributed by atoms with van der Waals surface area (Å²) in [6, 6.07) is 7.72. The second-order valence-electron chi connectivity index (χ2n) is 4.89. The first-order valence-corrected chi connectivity index (χ1v) is 6.14. The van der Waals surface area contributed by atoms with Gasteiger partial charge in [0.15, 0.2) is 5.78 Å². The highest BCUT2D eigenvalue weighted by atomic mass is 16.1. The Kier molecular flexibility index (Phi) is 3.32. The van der Waals surface area contributed by atoms with Crippen molar-refractivity contribution in [2.75, 3.05) is 0 Å². The zero-order valence-electron chi connectivity index (χ0n) is 11.3. The second kappa shape index (κ2) is 4.77. The van der Waals surface area contributed by atoms with Crippen LogP contribution in [0.15, 0.2) is 30.5 Å². The fraction of sp³-hybridized carbons (Fsp3) is 0.333. The minimum atomic E-state index is 0.0897. The normalized spacial score (nSPS) is 10.9. The van der Waals surface area contributed by atoms with E-state index in [0.29, 0.717) is 5.92 Å². The van der Waals surface area contributed by atoms with E-state index in [1.165, 1.54) is 0 Å². The van der Waals surface area contributed by atoms with Crippen LogP contribution in [0.25, 0.3) is 11.1 Å². The van der Waals surface area contributed by atoms with Gasteiger partial charge in [-0.15, -0.1) is 0 Å².